The number of carbonyl (C=O) groups excluding carboxylic acids is 1. The molecule has 1 heterocycles. The Bertz CT molecular complexity index is 941. The molecule has 0 saturated carbocycles. The van der Waals surface area contributed by atoms with E-state index >= 15 is 0 Å². The molecule has 4 heteroatoms. The Morgan fingerprint density at radius 3 is 2.40 bits per heavy atom. The van der Waals surface area contributed by atoms with Gasteiger partial charge in [0, 0.05) is 10.6 Å². The van der Waals surface area contributed by atoms with Crippen LogP contribution in [0.4, 0.5) is 5.69 Å². The van der Waals surface area contributed by atoms with Gasteiger partial charge < -0.3 is 10.0 Å². The molecule has 0 radical (unpaired) electrons. The van der Waals surface area contributed by atoms with E-state index in [-0.39, 0.29) is 5.91 Å². The van der Waals surface area contributed by atoms with E-state index in [4.69, 9.17) is 11.6 Å². The highest BCUT2D eigenvalue weighted by atomic mass is 35.5. The SMILES string of the molecule is O=C1N(Cc2ccccc2)c2ccccc2C1(O)c1cccc(Cl)c1. The molecule has 3 aromatic carbocycles. The summed E-state index contributed by atoms with van der Waals surface area (Å²) in [6.45, 7) is 0.402. The number of halogens is 1. The summed E-state index contributed by atoms with van der Waals surface area (Å²) in [4.78, 5) is 14.9. The largest absolute Gasteiger partial charge is 0.372 e. The number of hydrogen-bond donors (Lipinski definition) is 1. The number of carbonyl (C=O) groups is 1. The van der Waals surface area contributed by atoms with Crippen LogP contribution in [0.15, 0.2) is 78.9 Å². The Balaban J connectivity index is 1.84. The van der Waals surface area contributed by atoms with E-state index in [1.807, 2.05) is 48.5 Å². The molecule has 0 saturated heterocycles. The van der Waals surface area contributed by atoms with Crippen LogP contribution < -0.4 is 4.90 Å². The molecule has 0 spiro atoms. The summed E-state index contributed by atoms with van der Waals surface area (Å²) in [7, 11) is 0. The lowest BCUT2D eigenvalue weighted by Crippen LogP contribution is -2.40. The van der Waals surface area contributed by atoms with Crippen molar-refractivity contribution in [1.82, 2.24) is 0 Å². The van der Waals surface area contributed by atoms with Crippen LogP contribution in [0.2, 0.25) is 5.02 Å². The second kappa shape index (κ2) is 6.03. The summed E-state index contributed by atoms with van der Waals surface area (Å²) in [6, 6.07) is 23.9. The normalized spacial score (nSPS) is 19.1. The molecule has 1 aliphatic rings. The van der Waals surface area contributed by atoms with Crippen LogP contribution in [0.25, 0.3) is 0 Å². The van der Waals surface area contributed by atoms with Gasteiger partial charge in [-0.2, -0.15) is 0 Å². The first-order valence-electron chi connectivity index (χ1n) is 8.04. The minimum Gasteiger partial charge on any atom is -0.372 e. The Morgan fingerprint density at radius 1 is 0.920 bits per heavy atom. The highest BCUT2D eigenvalue weighted by Gasteiger charge is 2.50. The quantitative estimate of drug-likeness (QED) is 0.772. The van der Waals surface area contributed by atoms with E-state index in [1.165, 1.54) is 0 Å². The van der Waals surface area contributed by atoms with E-state index in [2.05, 4.69) is 0 Å². The number of amides is 1. The maximum absolute atomic E-state index is 13.2. The Kier molecular flexibility index (Phi) is 3.83. The van der Waals surface area contributed by atoms with Crippen molar-refractivity contribution < 1.29 is 9.90 Å². The molecule has 0 bridgehead atoms. The van der Waals surface area contributed by atoms with Gasteiger partial charge in [-0.05, 0) is 29.3 Å². The molecule has 0 aliphatic carbocycles. The summed E-state index contributed by atoms with van der Waals surface area (Å²) < 4.78 is 0. The average Bonchev–Trinajstić information content (AvgIpc) is 2.86. The van der Waals surface area contributed by atoms with Crippen molar-refractivity contribution >= 4 is 23.2 Å². The first-order valence-corrected chi connectivity index (χ1v) is 8.42. The van der Waals surface area contributed by atoms with E-state index in [1.54, 1.807) is 35.2 Å². The fourth-order valence-corrected chi connectivity index (χ4v) is 3.54. The number of fused-ring (bicyclic) bond motifs is 1. The third-order valence-corrected chi connectivity index (χ3v) is 4.80. The molecule has 1 N–H and O–H groups in total. The molecule has 1 atom stereocenters. The van der Waals surface area contributed by atoms with Crippen LogP contribution in [0.1, 0.15) is 16.7 Å². The van der Waals surface area contributed by atoms with Gasteiger partial charge in [0.15, 0.2) is 5.60 Å². The van der Waals surface area contributed by atoms with Crippen molar-refractivity contribution in [3.63, 3.8) is 0 Å². The van der Waals surface area contributed by atoms with E-state index in [0.717, 1.165) is 11.3 Å². The minimum atomic E-state index is -1.73. The number of aliphatic hydroxyl groups is 1. The van der Waals surface area contributed by atoms with Gasteiger partial charge in [0.1, 0.15) is 0 Å². The molecule has 1 unspecified atom stereocenters. The van der Waals surface area contributed by atoms with Crippen molar-refractivity contribution in [2.45, 2.75) is 12.1 Å². The molecule has 124 valence electrons. The fourth-order valence-electron chi connectivity index (χ4n) is 3.35. The summed E-state index contributed by atoms with van der Waals surface area (Å²) in [5.74, 6) is -0.361. The van der Waals surface area contributed by atoms with E-state index in [9.17, 15) is 9.90 Å². The van der Waals surface area contributed by atoms with Gasteiger partial charge in [0.05, 0.1) is 12.2 Å². The van der Waals surface area contributed by atoms with Crippen LogP contribution in [0, 0.1) is 0 Å². The van der Waals surface area contributed by atoms with Gasteiger partial charge in [-0.1, -0.05) is 72.3 Å². The number of para-hydroxylation sites is 1. The Hall–Kier alpha value is -2.62. The van der Waals surface area contributed by atoms with Crippen molar-refractivity contribution in [3.05, 3.63) is 101 Å². The fraction of sp³-hybridized carbons (Fsp3) is 0.0952. The molecule has 25 heavy (non-hydrogen) atoms. The second-order valence-electron chi connectivity index (χ2n) is 6.11. The van der Waals surface area contributed by atoms with Crippen LogP contribution in [0.3, 0.4) is 0 Å². The maximum Gasteiger partial charge on any atom is 0.268 e. The van der Waals surface area contributed by atoms with E-state index in [0.29, 0.717) is 22.7 Å². The smallest absolute Gasteiger partial charge is 0.268 e. The van der Waals surface area contributed by atoms with Crippen LogP contribution in [0.5, 0.6) is 0 Å². The number of benzene rings is 3. The predicted octanol–water partition coefficient (Wildman–Crippen LogP) is 4.12. The summed E-state index contributed by atoms with van der Waals surface area (Å²) in [5, 5.41) is 11.9. The van der Waals surface area contributed by atoms with Gasteiger partial charge >= 0.3 is 0 Å². The Labute approximate surface area is 151 Å². The van der Waals surface area contributed by atoms with Gasteiger partial charge in [-0.25, -0.2) is 0 Å². The van der Waals surface area contributed by atoms with Crippen molar-refractivity contribution in [3.8, 4) is 0 Å². The minimum absolute atomic E-state index is 0.361. The van der Waals surface area contributed by atoms with E-state index < -0.39 is 5.60 Å². The molecule has 3 aromatic rings. The lowest BCUT2D eigenvalue weighted by molar-refractivity contribution is -0.132. The van der Waals surface area contributed by atoms with Crippen molar-refractivity contribution in [2.75, 3.05) is 4.90 Å². The van der Waals surface area contributed by atoms with Gasteiger partial charge in [-0.15, -0.1) is 0 Å². The molecule has 0 fully saturated rings. The maximum atomic E-state index is 13.2. The standard InChI is InChI=1S/C21H16ClNO2/c22-17-10-6-9-16(13-17)21(25)18-11-4-5-12-19(18)23(20(21)24)14-15-7-2-1-3-8-15/h1-13,25H,14H2. The first-order chi connectivity index (χ1) is 12.1. The third kappa shape index (κ3) is 2.53. The van der Waals surface area contributed by atoms with Gasteiger partial charge in [0.25, 0.3) is 5.91 Å². The lowest BCUT2D eigenvalue weighted by Gasteiger charge is -2.24. The second-order valence-corrected chi connectivity index (χ2v) is 6.55. The number of hydrogen-bond acceptors (Lipinski definition) is 2. The summed E-state index contributed by atoms with van der Waals surface area (Å²) in [5.41, 5.74) is 1.06. The predicted molar refractivity (Wildman–Crippen MR) is 98.5 cm³/mol. The Morgan fingerprint density at radius 2 is 1.64 bits per heavy atom. The summed E-state index contributed by atoms with van der Waals surface area (Å²) in [6.07, 6.45) is 0. The van der Waals surface area contributed by atoms with Crippen molar-refractivity contribution in [1.29, 1.82) is 0 Å². The lowest BCUT2D eigenvalue weighted by atomic mass is 9.87. The van der Waals surface area contributed by atoms with Gasteiger partial charge in [-0.3, -0.25) is 4.79 Å². The number of anilines is 1. The monoisotopic (exact) mass is 349 g/mol. The highest BCUT2D eigenvalue weighted by molar-refractivity contribution is 6.30. The van der Waals surface area contributed by atoms with Crippen molar-refractivity contribution in [2.24, 2.45) is 0 Å². The molecular formula is C21H16ClNO2. The van der Waals surface area contributed by atoms with Crippen LogP contribution in [-0.4, -0.2) is 11.0 Å². The van der Waals surface area contributed by atoms with Crippen LogP contribution >= 0.6 is 11.6 Å². The topological polar surface area (TPSA) is 40.5 Å². The molecule has 4 rings (SSSR count). The molecule has 1 amide bonds. The zero-order valence-electron chi connectivity index (χ0n) is 13.4. The number of rotatable bonds is 3. The van der Waals surface area contributed by atoms with Crippen LogP contribution in [-0.2, 0) is 16.9 Å². The number of nitrogens with zero attached hydrogens (tertiary/aromatic N) is 1. The first kappa shape index (κ1) is 15.9. The third-order valence-electron chi connectivity index (χ3n) is 4.57. The molecule has 3 nitrogen and oxygen atoms in total. The molecular weight excluding hydrogens is 334 g/mol. The zero-order chi connectivity index (χ0) is 17.4. The molecule has 0 aromatic heterocycles. The molecule has 1 aliphatic heterocycles. The summed E-state index contributed by atoms with van der Waals surface area (Å²) >= 11 is 6.09. The zero-order valence-corrected chi connectivity index (χ0v) is 14.1. The average molecular weight is 350 g/mol. The van der Waals surface area contributed by atoms with Gasteiger partial charge in [0.2, 0.25) is 0 Å². The highest BCUT2D eigenvalue weighted by Crippen LogP contribution is 2.45.